The van der Waals surface area contributed by atoms with Gasteiger partial charge in [0.2, 0.25) is 0 Å². The second-order valence-electron chi connectivity index (χ2n) is 5.84. The lowest BCUT2D eigenvalue weighted by Gasteiger charge is -2.27. The van der Waals surface area contributed by atoms with Crippen molar-refractivity contribution in [2.24, 2.45) is 0 Å². The lowest BCUT2D eigenvalue weighted by Crippen LogP contribution is -2.32. The summed E-state index contributed by atoms with van der Waals surface area (Å²) in [5.41, 5.74) is 0.331. The monoisotopic (exact) mass is 331 g/mol. The van der Waals surface area contributed by atoms with E-state index in [0.29, 0.717) is 18.5 Å². The molecule has 0 aliphatic carbocycles. The molecule has 0 radical (unpaired) electrons. The Hall–Kier alpha value is -1.05. The summed E-state index contributed by atoms with van der Waals surface area (Å²) in [6.07, 6.45) is 3.55. The largest absolute Gasteiger partial charge is 0.378 e. The SMILES string of the molecule is O=S1(=O)CC[C@@H](NCC[C@H]2CCCO2)c2cc(F)c(F)cc21. The summed E-state index contributed by atoms with van der Waals surface area (Å²) in [5.74, 6) is -2.19. The zero-order valence-electron chi connectivity index (χ0n) is 12.1. The van der Waals surface area contributed by atoms with E-state index in [0.717, 1.165) is 38.0 Å². The van der Waals surface area contributed by atoms with Crippen molar-refractivity contribution in [3.05, 3.63) is 29.3 Å². The summed E-state index contributed by atoms with van der Waals surface area (Å²) in [5, 5.41) is 3.26. The van der Waals surface area contributed by atoms with Crippen LogP contribution in [0.5, 0.6) is 0 Å². The average molecular weight is 331 g/mol. The first-order chi connectivity index (χ1) is 10.5. The van der Waals surface area contributed by atoms with Gasteiger partial charge in [0.15, 0.2) is 21.5 Å². The molecule has 0 unspecified atom stereocenters. The van der Waals surface area contributed by atoms with Crippen molar-refractivity contribution in [2.75, 3.05) is 18.9 Å². The maximum absolute atomic E-state index is 13.5. The van der Waals surface area contributed by atoms with Crippen LogP contribution in [0.4, 0.5) is 8.78 Å². The molecule has 0 spiro atoms. The molecule has 22 heavy (non-hydrogen) atoms. The average Bonchev–Trinajstić information content (AvgIpc) is 2.97. The van der Waals surface area contributed by atoms with Crippen LogP contribution in [0.3, 0.4) is 0 Å². The third-order valence-electron chi connectivity index (χ3n) is 4.32. The molecular weight excluding hydrogens is 312 g/mol. The van der Waals surface area contributed by atoms with Crippen LogP contribution in [0.1, 0.15) is 37.3 Å². The first-order valence-corrected chi connectivity index (χ1v) is 9.19. The molecule has 122 valence electrons. The fourth-order valence-corrected chi connectivity index (χ4v) is 4.74. The summed E-state index contributed by atoms with van der Waals surface area (Å²) < 4.78 is 56.4. The van der Waals surface area contributed by atoms with Crippen molar-refractivity contribution in [3.8, 4) is 0 Å². The van der Waals surface area contributed by atoms with Crippen molar-refractivity contribution < 1.29 is 21.9 Å². The number of hydrogen-bond donors (Lipinski definition) is 1. The Labute approximate surface area is 128 Å². The Kier molecular flexibility index (Phi) is 4.47. The summed E-state index contributed by atoms with van der Waals surface area (Å²) in [6, 6.07) is 1.54. The number of halogens is 2. The Morgan fingerprint density at radius 1 is 1.23 bits per heavy atom. The van der Waals surface area contributed by atoms with E-state index in [1.165, 1.54) is 0 Å². The Morgan fingerprint density at radius 2 is 2.00 bits per heavy atom. The van der Waals surface area contributed by atoms with Crippen molar-refractivity contribution in [3.63, 3.8) is 0 Å². The highest BCUT2D eigenvalue weighted by Gasteiger charge is 2.31. The minimum Gasteiger partial charge on any atom is -0.378 e. The molecule has 0 amide bonds. The zero-order valence-corrected chi connectivity index (χ0v) is 13.0. The molecule has 0 aromatic heterocycles. The van der Waals surface area contributed by atoms with Gasteiger partial charge in [-0.1, -0.05) is 0 Å². The number of benzene rings is 1. The van der Waals surface area contributed by atoms with Crippen molar-refractivity contribution in [1.82, 2.24) is 5.32 Å². The molecule has 1 aromatic rings. The van der Waals surface area contributed by atoms with Crippen LogP contribution in [0.25, 0.3) is 0 Å². The Balaban J connectivity index is 1.75. The van der Waals surface area contributed by atoms with E-state index in [9.17, 15) is 17.2 Å². The lowest BCUT2D eigenvalue weighted by atomic mass is 10.0. The highest BCUT2D eigenvalue weighted by Crippen LogP contribution is 2.33. The van der Waals surface area contributed by atoms with Crippen LogP contribution >= 0.6 is 0 Å². The van der Waals surface area contributed by atoms with Gasteiger partial charge in [0.25, 0.3) is 0 Å². The van der Waals surface area contributed by atoms with Gasteiger partial charge in [-0.3, -0.25) is 0 Å². The second kappa shape index (κ2) is 6.22. The Morgan fingerprint density at radius 3 is 2.73 bits per heavy atom. The first-order valence-electron chi connectivity index (χ1n) is 7.54. The van der Waals surface area contributed by atoms with Crippen molar-refractivity contribution in [2.45, 2.75) is 42.7 Å². The molecule has 2 aliphatic heterocycles. The summed E-state index contributed by atoms with van der Waals surface area (Å²) >= 11 is 0. The molecule has 2 atom stereocenters. The molecule has 1 aromatic carbocycles. The number of rotatable bonds is 4. The Bertz CT molecular complexity index is 657. The molecule has 0 bridgehead atoms. The second-order valence-corrected chi connectivity index (χ2v) is 7.92. The third kappa shape index (κ3) is 3.16. The maximum atomic E-state index is 13.5. The first kappa shape index (κ1) is 15.8. The lowest BCUT2D eigenvalue weighted by molar-refractivity contribution is 0.103. The number of hydrogen-bond acceptors (Lipinski definition) is 4. The minimum atomic E-state index is -3.53. The van der Waals surface area contributed by atoms with E-state index in [2.05, 4.69) is 5.32 Å². The molecule has 0 saturated carbocycles. The molecular formula is C15H19F2NO3S. The molecule has 1 saturated heterocycles. The van der Waals surface area contributed by atoms with E-state index >= 15 is 0 Å². The number of nitrogens with one attached hydrogen (secondary N) is 1. The molecule has 1 N–H and O–H groups in total. The van der Waals surface area contributed by atoms with Crippen LogP contribution in [0.2, 0.25) is 0 Å². The van der Waals surface area contributed by atoms with Crippen molar-refractivity contribution >= 4 is 9.84 Å². The predicted octanol–water partition coefficient (Wildman–Crippen LogP) is 2.34. The number of sulfone groups is 1. The standard InChI is InChI=1S/C15H19F2NO3S/c16-12-8-11-14(18-5-3-10-2-1-6-21-10)4-7-22(19,20)15(11)9-13(12)17/h8-10,14,18H,1-7H2/t10-,14-/m1/s1. The van der Waals surface area contributed by atoms with Gasteiger partial charge in [0.05, 0.1) is 16.8 Å². The van der Waals surface area contributed by atoms with Gasteiger partial charge in [-0.25, -0.2) is 17.2 Å². The quantitative estimate of drug-likeness (QED) is 0.861. The van der Waals surface area contributed by atoms with Gasteiger partial charge in [-0.2, -0.15) is 0 Å². The van der Waals surface area contributed by atoms with Crippen LogP contribution in [0.15, 0.2) is 17.0 Å². The van der Waals surface area contributed by atoms with Gasteiger partial charge in [0.1, 0.15) is 0 Å². The van der Waals surface area contributed by atoms with Crippen LogP contribution in [-0.4, -0.2) is 33.4 Å². The number of fused-ring (bicyclic) bond motifs is 1. The minimum absolute atomic E-state index is 0.0529. The smallest absolute Gasteiger partial charge is 0.178 e. The molecule has 1 fully saturated rings. The normalized spacial score (nSPS) is 26.8. The third-order valence-corrected chi connectivity index (χ3v) is 6.12. The predicted molar refractivity (Wildman–Crippen MR) is 77.4 cm³/mol. The van der Waals surface area contributed by atoms with Crippen LogP contribution < -0.4 is 5.32 Å². The van der Waals surface area contributed by atoms with E-state index in [4.69, 9.17) is 4.74 Å². The topological polar surface area (TPSA) is 55.4 Å². The maximum Gasteiger partial charge on any atom is 0.178 e. The van der Waals surface area contributed by atoms with E-state index in [1.807, 2.05) is 0 Å². The van der Waals surface area contributed by atoms with Crippen LogP contribution in [0, 0.1) is 11.6 Å². The van der Waals surface area contributed by atoms with Gasteiger partial charge in [0, 0.05) is 12.6 Å². The molecule has 7 heteroatoms. The molecule has 4 nitrogen and oxygen atoms in total. The van der Waals surface area contributed by atoms with E-state index in [-0.39, 0.29) is 22.8 Å². The highest BCUT2D eigenvalue weighted by molar-refractivity contribution is 7.91. The highest BCUT2D eigenvalue weighted by atomic mass is 32.2. The van der Waals surface area contributed by atoms with Gasteiger partial charge < -0.3 is 10.1 Å². The fraction of sp³-hybridized carbons (Fsp3) is 0.600. The van der Waals surface area contributed by atoms with Crippen LogP contribution in [-0.2, 0) is 14.6 Å². The van der Waals surface area contributed by atoms with Crippen molar-refractivity contribution in [1.29, 1.82) is 0 Å². The summed E-state index contributed by atoms with van der Waals surface area (Å²) in [4.78, 5) is -0.0905. The molecule has 2 aliphatic rings. The van der Waals surface area contributed by atoms with E-state index in [1.54, 1.807) is 0 Å². The van der Waals surface area contributed by atoms with E-state index < -0.39 is 21.5 Å². The fourth-order valence-electron chi connectivity index (χ4n) is 3.13. The van der Waals surface area contributed by atoms with Gasteiger partial charge in [-0.05, 0) is 49.9 Å². The molecule has 2 heterocycles. The molecule has 3 rings (SSSR count). The van der Waals surface area contributed by atoms with Gasteiger partial charge >= 0.3 is 0 Å². The van der Waals surface area contributed by atoms with Gasteiger partial charge in [-0.15, -0.1) is 0 Å². The summed E-state index contributed by atoms with van der Waals surface area (Å²) in [6.45, 7) is 1.45. The zero-order chi connectivity index (χ0) is 15.7. The summed E-state index contributed by atoms with van der Waals surface area (Å²) in [7, 11) is -3.53. The number of ether oxygens (including phenoxy) is 1.